The number of carbonyl (C=O) groups is 2. The minimum absolute atomic E-state index is 0.0657. The van der Waals surface area contributed by atoms with E-state index in [-0.39, 0.29) is 24.4 Å². The second kappa shape index (κ2) is 5.95. The van der Waals surface area contributed by atoms with Crippen molar-refractivity contribution in [3.05, 3.63) is 41.5 Å². The van der Waals surface area contributed by atoms with Gasteiger partial charge < -0.3 is 10.1 Å². The molecule has 0 unspecified atom stereocenters. The Kier molecular flexibility index (Phi) is 4.01. The number of allylic oxidation sites excluding steroid dienone is 2. The minimum atomic E-state index is -0.294. The second-order valence-corrected chi connectivity index (χ2v) is 6.42. The van der Waals surface area contributed by atoms with E-state index in [1.165, 1.54) is 0 Å². The number of benzene rings is 1. The Labute approximate surface area is 130 Å². The summed E-state index contributed by atoms with van der Waals surface area (Å²) in [4.78, 5) is 24.0. The van der Waals surface area contributed by atoms with E-state index in [1.807, 2.05) is 32.0 Å². The van der Waals surface area contributed by atoms with E-state index in [9.17, 15) is 9.59 Å². The van der Waals surface area contributed by atoms with Gasteiger partial charge in [-0.3, -0.25) is 9.59 Å². The van der Waals surface area contributed by atoms with Crippen LogP contribution in [0.3, 0.4) is 0 Å². The first-order chi connectivity index (χ1) is 10.5. The molecule has 3 atom stereocenters. The zero-order chi connectivity index (χ0) is 15.7. The highest BCUT2D eigenvalue weighted by Crippen LogP contribution is 2.43. The van der Waals surface area contributed by atoms with Gasteiger partial charge in [-0.15, -0.1) is 0 Å². The molecule has 3 rings (SSSR count). The van der Waals surface area contributed by atoms with Gasteiger partial charge in [-0.1, -0.05) is 18.2 Å². The third kappa shape index (κ3) is 3.21. The van der Waals surface area contributed by atoms with Crippen molar-refractivity contribution in [2.75, 3.05) is 11.9 Å². The Morgan fingerprint density at radius 3 is 2.45 bits per heavy atom. The highest BCUT2D eigenvalue weighted by molar-refractivity contribution is 5.93. The molecule has 1 aromatic carbocycles. The van der Waals surface area contributed by atoms with Crippen molar-refractivity contribution in [2.24, 2.45) is 17.8 Å². The Bertz CT molecular complexity index is 615. The minimum Gasteiger partial charge on any atom is -0.455 e. The molecule has 2 aliphatic rings. The molecule has 1 fully saturated rings. The number of ether oxygens (including phenoxy) is 1. The van der Waals surface area contributed by atoms with Crippen LogP contribution in [0.4, 0.5) is 5.69 Å². The summed E-state index contributed by atoms with van der Waals surface area (Å²) in [6.07, 6.45) is 6.20. The number of hydrogen-bond acceptors (Lipinski definition) is 3. The fourth-order valence-electron chi connectivity index (χ4n) is 3.54. The standard InChI is InChI=1S/C18H21NO3/c1-11-5-12(2)7-15(6-11)19-17(20)10-22-18(21)16-9-13-3-4-14(16)8-13/h3-7,13-14,16H,8-10H2,1-2H3,(H,19,20)/t13-,14+,16+/m1/s1. The quantitative estimate of drug-likeness (QED) is 0.687. The number of esters is 1. The second-order valence-electron chi connectivity index (χ2n) is 6.42. The number of amides is 1. The fourth-order valence-corrected chi connectivity index (χ4v) is 3.54. The molecule has 4 nitrogen and oxygen atoms in total. The predicted octanol–water partition coefficient (Wildman–Crippen LogP) is 3.00. The van der Waals surface area contributed by atoms with Gasteiger partial charge in [0.25, 0.3) is 5.91 Å². The molecule has 4 heteroatoms. The Balaban J connectivity index is 1.50. The Morgan fingerprint density at radius 2 is 1.86 bits per heavy atom. The van der Waals surface area contributed by atoms with Gasteiger partial charge >= 0.3 is 5.97 Å². The van der Waals surface area contributed by atoms with E-state index >= 15 is 0 Å². The van der Waals surface area contributed by atoms with Crippen LogP contribution in [-0.4, -0.2) is 18.5 Å². The highest BCUT2D eigenvalue weighted by atomic mass is 16.5. The lowest BCUT2D eigenvalue weighted by Crippen LogP contribution is -2.26. The molecule has 116 valence electrons. The molecule has 0 spiro atoms. The molecule has 0 aliphatic heterocycles. The van der Waals surface area contributed by atoms with E-state index in [0.717, 1.165) is 29.7 Å². The van der Waals surface area contributed by atoms with E-state index < -0.39 is 0 Å². The van der Waals surface area contributed by atoms with Crippen molar-refractivity contribution in [1.29, 1.82) is 0 Å². The number of carbonyl (C=O) groups excluding carboxylic acids is 2. The molecule has 1 aromatic rings. The summed E-state index contributed by atoms with van der Waals surface area (Å²) in [6, 6.07) is 5.83. The molecule has 0 heterocycles. The van der Waals surface area contributed by atoms with Crippen molar-refractivity contribution >= 4 is 17.6 Å². The molecular formula is C18H21NO3. The van der Waals surface area contributed by atoms with Gasteiger partial charge in [-0.25, -0.2) is 0 Å². The van der Waals surface area contributed by atoms with Crippen LogP contribution in [0, 0.1) is 31.6 Å². The summed E-state index contributed by atoms with van der Waals surface area (Å²) >= 11 is 0. The number of nitrogens with one attached hydrogen (secondary N) is 1. The van der Waals surface area contributed by atoms with Crippen molar-refractivity contribution in [3.8, 4) is 0 Å². The number of rotatable bonds is 4. The highest BCUT2D eigenvalue weighted by Gasteiger charge is 2.40. The first-order valence-electron chi connectivity index (χ1n) is 7.74. The van der Waals surface area contributed by atoms with Crippen LogP contribution in [-0.2, 0) is 14.3 Å². The zero-order valence-corrected chi connectivity index (χ0v) is 13.0. The van der Waals surface area contributed by atoms with Gasteiger partial charge in [-0.2, -0.15) is 0 Å². The van der Waals surface area contributed by atoms with Gasteiger partial charge in [0.15, 0.2) is 6.61 Å². The van der Waals surface area contributed by atoms with Crippen LogP contribution < -0.4 is 5.32 Å². The van der Waals surface area contributed by atoms with E-state index in [1.54, 1.807) is 0 Å². The summed E-state index contributed by atoms with van der Waals surface area (Å²) in [5.74, 6) is 0.222. The average Bonchev–Trinajstić information content (AvgIpc) is 3.06. The SMILES string of the molecule is Cc1cc(C)cc(NC(=O)COC(=O)[C@H]2C[C@@H]3C=C[C@H]2C3)c1. The van der Waals surface area contributed by atoms with Crippen LogP contribution in [0.1, 0.15) is 24.0 Å². The van der Waals surface area contributed by atoms with Crippen LogP contribution in [0.25, 0.3) is 0 Å². The first-order valence-corrected chi connectivity index (χ1v) is 7.74. The number of aryl methyl sites for hydroxylation is 2. The normalized spacial score (nSPS) is 25.3. The van der Waals surface area contributed by atoms with Crippen molar-refractivity contribution in [1.82, 2.24) is 0 Å². The molecule has 1 N–H and O–H groups in total. The first kappa shape index (κ1) is 14.8. The summed E-state index contributed by atoms with van der Waals surface area (Å²) < 4.78 is 5.19. The fraction of sp³-hybridized carbons (Fsp3) is 0.444. The largest absolute Gasteiger partial charge is 0.455 e. The average molecular weight is 299 g/mol. The molecule has 1 amide bonds. The molecule has 2 aliphatic carbocycles. The lowest BCUT2D eigenvalue weighted by molar-refractivity contribution is -0.152. The van der Waals surface area contributed by atoms with E-state index in [4.69, 9.17) is 4.74 Å². The van der Waals surface area contributed by atoms with Crippen molar-refractivity contribution in [2.45, 2.75) is 26.7 Å². The molecule has 22 heavy (non-hydrogen) atoms. The third-order valence-electron chi connectivity index (χ3n) is 4.43. The third-order valence-corrected chi connectivity index (χ3v) is 4.43. The van der Waals surface area contributed by atoms with E-state index in [0.29, 0.717) is 11.8 Å². The summed E-state index contributed by atoms with van der Waals surface area (Å²) in [5.41, 5.74) is 2.91. The summed E-state index contributed by atoms with van der Waals surface area (Å²) in [6.45, 7) is 3.74. The number of hydrogen-bond donors (Lipinski definition) is 1. The van der Waals surface area contributed by atoms with Crippen LogP contribution in [0.15, 0.2) is 30.4 Å². The molecule has 2 bridgehead atoms. The maximum atomic E-state index is 12.1. The van der Waals surface area contributed by atoms with Crippen LogP contribution in [0.5, 0.6) is 0 Å². The zero-order valence-electron chi connectivity index (χ0n) is 13.0. The lowest BCUT2D eigenvalue weighted by atomic mass is 9.94. The van der Waals surface area contributed by atoms with Crippen LogP contribution >= 0.6 is 0 Å². The van der Waals surface area contributed by atoms with Gasteiger partial charge in [0.05, 0.1) is 5.92 Å². The molecule has 0 radical (unpaired) electrons. The Morgan fingerprint density at radius 1 is 1.14 bits per heavy atom. The summed E-state index contributed by atoms with van der Waals surface area (Å²) in [5, 5.41) is 2.77. The maximum absolute atomic E-state index is 12.1. The summed E-state index contributed by atoms with van der Waals surface area (Å²) in [7, 11) is 0. The topological polar surface area (TPSA) is 55.4 Å². The number of fused-ring (bicyclic) bond motifs is 2. The molecule has 0 saturated heterocycles. The number of anilines is 1. The Hall–Kier alpha value is -2.10. The van der Waals surface area contributed by atoms with Crippen LogP contribution in [0.2, 0.25) is 0 Å². The molecular weight excluding hydrogens is 278 g/mol. The monoisotopic (exact) mass is 299 g/mol. The maximum Gasteiger partial charge on any atom is 0.310 e. The lowest BCUT2D eigenvalue weighted by Gasteiger charge is -2.16. The van der Waals surface area contributed by atoms with E-state index in [2.05, 4.69) is 17.5 Å². The van der Waals surface area contributed by atoms with Gasteiger partial charge in [0, 0.05) is 5.69 Å². The van der Waals surface area contributed by atoms with Crippen molar-refractivity contribution in [3.63, 3.8) is 0 Å². The van der Waals surface area contributed by atoms with Gasteiger partial charge in [-0.05, 0) is 61.8 Å². The molecule has 1 saturated carbocycles. The van der Waals surface area contributed by atoms with Crippen molar-refractivity contribution < 1.29 is 14.3 Å². The van der Waals surface area contributed by atoms with Gasteiger partial charge in [0.2, 0.25) is 0 Å². The van der Waals surface area contributed by atoms with Gasteiger partial charge in [0.1, 0.15) is 0 Å². The molecule has 0 aromatic heterocycles. The predicted molar refractivity (Wildman–Crippen MR) is 84.3 cm³/mol. The smallest absolute Gasteiger partial charge is 0.310 e.